The number of anilines is 1. The van der Waals surface area contributed by atoms with E-state index in [1.165, 1.54) is 44.5 Å². The van der Waals surface area contributed by atoms with Crippen LogP contribution in [-0.4, -0.2) is 65.2 Å². The SMILES string of the molecule is N=C1/C(=C(/Cl)N=C(I)c2ccc(N3CCCC3)cc2)CCN1CCCN1CCCC1. The molecule has 3 aliphatic rings. The van der Waals surface area contributed by atoms with Crippen molar-refractivity contribution in [2.45, 2.75) is 38.5 Å². The van der Waals surface area contributed by atoms with E-state index in [0.717, 1.165) is 60.4 Å². The molecule has 5 nitrogen and oxygen atoms in total. The van der Waals surface area contributed by atoms with Crippen LogP contribution < -0.4 is 4.90 Å². The summed E-state index contributed by atoms with van der Waals surface area (Å²) in [5.41, 5.74) is 3.23. The molecule has 0 aromatic heterocycles. The highest BCUT2D eigenvalue weighted by Crippen LogP contribution is 2.27. The summed E-state index contributed by atoms with van der Waals surface area (Å²) in [6.07, 6.45) is 7.15. The summed E-state index contributed by atoms with van der Waals surface area (Å²) < 4.78 is 0.873. The molecule has 3 fully saturated rings. The summed E-state index contributed by atoms with van der Waals surface area (Å²) >= 11 is 8.82. The molecule has 3 saturated heterocycles. The minimum Gasteiger partial charge on any atom is -0.372 e. The summed E-state index contributed by atoms with van der Waals surface area (Å²) in [4.78, 5) is 11.8. The van der Waals surface area contributed by atoms with Gasteiger partial charge in [0.05, 0.1) is 0 Å². The van der Waals surface area contributed by atoms with Crippen LogP contribution in [0.3, 0.4) is 0 Å². The van der Waals surface area contributed by atoms with Gasteiger partial charge in [0.15, 0.2) is 0 Å². The zero-order valence-electron chi connectivity index (χ0n) is 17.5. The third-order valence-corrected chi connectivity index (χ3v) is 7.53. The van der Waals surface area contributed by atoms with Crippen LogP contribution in [0.25, 0.3) is 0 Å². The molecule has 0 aliphatic carbocycles. The predicted octanol–water partition coefficient (Wildman–Crippen LogP) is 5.09. The second kappa shape index (κ2) is 10.5. The zero-order chi connectivity index (χ0) is 20.9. The molecular weight excluding hydrogens is 509 g/mol. The van der Waals surface area contributed by atoms with E-state index in [0.29, 0.717) is 11.0 Å². The molecule has 1 aromatic carbocycles. The average molecular weight is 540 g/mol. The first-order valence-corrected chi connectivity index (χ1v) is 12.6. The number of nitrogens with one attached hydrogen (secondary N) is 1. The second-order valence-corrected chi connectivity index (χ2v) is 9.78. The summed E-state index contributed by atoms with van der Waals surface area (Å²) in [5, 5.41) is 9.01. The van der Waals surface area contributed by atoms with E-state index >= 15 is 0 Å². The molecule has 1 aromatic rings. The molecule has 3 heterocycles. The molecule has 0 bridgehead atoms. The van der Waals surface area contributed by atoms with Gasteiger partial charge in [0.25, 0.3) is 0 Å². The van der Waals surface area contributed by atoms with E-state index in [-0.39, 0.29) is 0 Å². The van der Waals surface area contributed by atoms with Gasteiger partial charge in [-0.1, -0.05) is 23.7 Å². The molecule has 30 heavy (non-hydrogen) atoms. The maximum absolute atomic E-state index is 8.55. The Kier molecular flexibility index (Phi) is 7.70. The highest BCUT2D eigenvalue weighted by Gasteiger charge is 2.25. The Labute approximate surface area is 198 Å². The molecule has 1 N–H and O–H groups in total. The number of rotatable bonds is 7. The average Bonchev–Trinajstić information content (AvgIpc) is 3.51. The molecule has 0 atom stereocenters. The van der Waals surface area contributed by atoms with Crippen molar-refractivity contribution in [2.24, 2.45) is 4.99 Å². The van der Waals surface area contributed by atoms with Crippen molar-refractivity contribution in [2.75, 3.05) is 50.7 Å². The van der Waals surface area contributed by atoms with Crippen molar-refractivity contribution in [1.29, 1.82) is 5.41 Å². The van der Waals surface area contributed by atoms with Crippen LogP contribution in [0.15, 0.2) is 40.0 Å². The molecule has 0 spiro atoms. The van der Waals surface area contributed by atoms with Gasteiger partial charge in [0.2, 0.25) is 0 Å². The lowest BCUT2D eigenvalue weighted by molar-refractivity contribution is 0.312. The van der Waals surface area contributed by atoms with E-state index in [2.05, 4.69) is 66.5 Å². The predicted molar refractivity (Wildman–Crippen MR) is 136 cm³/mol. The van der Waals surface area contributed by atoms with Gasteiger partial charge < -0.3 is 14.7 Å². The van der Waals surface area contributed by atoms with Crippen molar-refractivity contribution >= 4 is 49.4 Å². The lowest BCUT2D eigenvalue weighted by Gasteiger charge is -2.20. The first kappa shape index (κ1) is 22.1. The Morgan fingerprint density at radius 2 is 1.63 bits per heavy atom. The first-order chi connectivity index (χ1) is 14.6. The number of amidine groups is 1. The van der Waals surface area contributed by atoms with Gasteiger partial charge >= 0.3 is 0 Å². The van der Waals surface area contributed by atoms with Crippen LogP contribution in [0.4, 0.5) is 5.69 Å². The topological polar surface area (TPSA) is 45.9 Å². The fraction of sp³-hybridized carbons (Fsp3) is 0.565. The molecular formula is C23H31ClIN5. The van der Waals surface area contributed by atoms with Crippen molar-refractivity contribution in [3.05, 3.63) is 40.6 Å². The lowest BCUT2D eigenvalue weighted by atomic mass is 10.2. The van der Waals surface area contributed by atoms with E-state index in [4.69, 9.17) is 17.0 Å². The monoisotopic (exact) mass is 539 g/mol. The van der Waals surface area contributed by atoms with Gasteiger partial charge in [0.1, 0.15) is 14.7 Å². The van der Waals surface area contributed by atoms with E-state index in [9.17, 15) is 0 Å². The number of hydrogen-bond acceptors (Lipinski definition) is 4. The third-order valence-electron chi connectivity index (χ3n) is 6.36. The molecule has 3 aliphatic heterocycles. The normalized spacial score (nSPS) is 22.5. The van der Waals surface area contributed by atoms with Crippen molar-refractivity contribution in [3.63, 3.8) is 0 Å². The van der Waals surface area contributed by atoms with Gasteiger partial charge in [-0.3, -0.25) is 5.41 Å². The van der Waals surface area contributed by atoms with E-state index in [1.807, 2.05) is 0 Å². The van der Waals surface area contributed by atoms with Crippen LogP contribution in [0.5, 0.6) is 0 Å². The van der Waals surface area contributed by atoms with Crippen LogP contribution >= 0.6 is 34.2 Å². The van der Waals surface area contributed by atoms with Crippen LogP contribution in [-0.2, 0) is 0 Å². The first-order valence-electron chi connectivity index (χ1n) is 11.2. The Balaban J connectivity index is 1.35. The van der Waals surface area contributed by atoms with Gasteiger partial charge in [-0.2, -0.15) is 0 Å². The lowest BCUT2D eigenvalue weighted by Crippen LogP contribution is -2.29. The molecule has 0 saturated carbocycles. The third kappa shape index (κ3) is 5.37. The zero-order valence-corrected chi connectivity index (χ0v) is 20.5. The molecule has 7 heteroatoms. The van der Waals surface area contributed by atoms with Gasteiger partial charge in [-0.25, -0.2) is 4.99 Å². The second-order valence-electron chi connectivity index (χ2n) is 8.40. The summed E-state index contributed by atoms with van der Waals surface area (Å²) in [6, 6.07) is 8.60. The molecule has 0 amide bonds. The molecule has 162 valence electrons. The number of nitrogens with zero attached hydrogens (tertiary/aromatic N) is 4. The van der Waals surface area contributed by atoms with Crippen molar-refractivity contribution in [1.82, 2.24) is 9.80 Å². The number of benzene rings is 1. The Morgan fingerprint density at radius 3 is 2.33 bits per heavy atom. The largest absolute Gasteiger partial charge is 0.372 e. The minimum atomic E-state index is 0.468. The Bertz CT molecular complexity index is 807. The Hall–Kier alpha value is -1.12. The summed E-state index contributed by atoms with van der Waals surface area (Å²) in [5.74, 6) is 0.554. The standard InChI is InChI=1S/C23H31ClIN5/c24-21(20-10-17-30(23(20)26)16-5-13-28-11-1-2-12-28)27-22(25)18-6-8-19(9-7-18)29-14-3-4-15-29/h6-9,26H,1-5,10-17H2/b21-20-,26-23?,27-22?. The summed E-state index contributed by atoms with van der Waals surface area (Å²) in [6.45, 7) is 7.72. The smallest absolute Gasteiger partial charge is 0.137 e. The quantitative estimate of drug-likeness (QED) is 0.298. The maximum atomic E-state index is 8.55. The van der Waals surface area contributed by atoms with E-state index in [1.54, 1.807) is 0 Å². The van der Waals surface area contributed by atoms with Crippen LogP contribution in [0.1, 0.15) is 44.1 Å². The number of aliphatic imine (C=N–C) groups is 1. The van der Waals surface area contributed by atoms with Gasteiger partial charge in [-0.05, 0) is 92.9 Å². The van der Waals surface area contributed by atoms with E-state index < -0.39 is 0 Å². The van der Waals surface area contributed by atoms with Crippen molar-refractivity contribution in [3.8, 4) is 0 Å². The number of halogens is 2. The van der Waals surface area contributed by atoms with Crippen LogP contribution in [0.2, 0.25) is 0 Å². The van der Waals surface area contributed by atoms with Gasteiger partial charge in [-0.15, -0.1) is 0 Å². The van der Waals surface area contributed by atoms with Crippen LogP contribution in [0, 0.1) is 5.41 Å². The van der Waals surface area contributed by atoms with Gasteiger partial charge in [0, 0.05) is 43.0 Å². The maximum Gasteiger partial charge on any atom is 0.137 e. The highest BCUT2D eigenvalue weighted by atomic mass is 127. The fourth-order valence-corrected chi connectivity index (χ4v) is 5.60. The summed E-state index contributed by atoms with van der Waals surface area (Å²) in [7, 11) is 0. The molecule has 0 radical (unpaired) electrons. The molecule has 4 rings (SSSR count). The van der Waals surface area contributed by atoms with Crippen molar-refractivity contribution < 1.29 is 0 Å². The number of likely N-dealkylation sites (tertiary alicyclic amines) is 2. The minimum absolute atomic E-state index is 0.468. The fourth-order valence-electron chi connectivity index (χ4n) is 4.59. The molecule has 0 unspecified atom stereocenters. The number of hydrogen-bond donors (Lipinski definition) is 1. The highest BCUT2D eigenvalue weighted by molar-refractivity contribution is 14.1. The Morgan fingerprint density at radius 1 is 0.967 bits per heavy atom.